The van der Waals surface area contributed by atoms with E-state index in [1.165, 1.54) is 5.57 Å². The van der Waals surface area contributed by atoms with Gasteiger partial charge in [-0.15, -0.1) is 0 Å². The zero-order chi connectivity index (χ0) is 7.40. The maximum absolute atomic E-state index is 3.81. The van der Waals surface area contributed by atoms with Crippen molar-refractivity contribution in [3.63, 3.8) is 0 Å². The monoisotopic (exact) mass is 132 g/mol. The summed E-state index contributed by atoms with van der Waals surface area (Å²) >= 11 is 0. The van der Waals surface area contributed by atoms with Crippen LogP contribution in [0.25, 0.3) is 0 Å². The van der Waals surface area contributed by atoms with Crippen molar-refractivity contribution in [3.05, 3.63) is 48.1 Å². The summed E-state index contributed by atoms with van der Waals surface area (Å²) in [6, 6.07) is 0. The fourth-order valence-electron chi connectivity index (χ4n) is 0.953. The highest BCUT2D eigenvalue weighted by Gasteiger charge is 1.91. The van der Waals surface area contributed by atoms with E-state index in [9.17, 15) is 0 Å². The van der Waals surface area contributed by atoms with E-state index in [0.29, 0.717) is 0 Å². The molecule has 0 amide bonds. The molecule has 0 aliphatic heterocycles. The summed E-state index contributed by atoms with van der Waals surface area (Å²) in [5.41, 5.74) is 2.46. The van der Waals surface area contributed by atoms with Crippen LogP contribution in [0, 0.1) is 0 Å². The summed E-state index contributed by atoms with van der Waals surface area (Å²) in [4.78, 5) is 0. The fourth-order valence-corrected chi connectivity index (χ4v) is 0.953. The van der Waals surface area contributed by atoms with E-state index in [1.54, 1.807) is 0 Å². The Morgan fingerprint density at radius 1 is 1.60 bits per heavy atom. The Morgan fingerprint density at radius 3 is 2.90 bits per heavy atom. The summed E-state index contributed by atoms with van der Waals surface area (Å²) in [6.45, 7) is 5.83. The molecule has 0 N–H and O–H groups in total. The molecular weight excluding hydrogens is 120 g/mol. The minimum absolute atomic E-state index is 1.04. The van der Waals surface area contributed by atoms with Crippen LogP contribution in [-0.4, -0.2) is 0 Å². The largest absolute Gasteiger partial charge is 0.0961 e. The number of rotatable bonds is 1. The molecule has 0 atom stereocenters. The Morgan fingerprint density at radius 2 is 2.40 bits per heavy atom. The second-order valence-corrected chi connectivity index (χ2v) is 2.56. The third kappa shape index (κ3) is 2.06. The van der Waals surface area contributed by atoms with Gasteiger partial charge in [-0.2, -0.15) is 0 Å². The van der Waals surface area contributed by atoms with Gasteiger partial charge < -0.3 is 0 Å². The second-order valence-electron chi connectivity index (χ2n) is 2.56. The number of hydrogen-bond acceptors (Lipinski definition) is 0. The molecule has 1 rings (SSSR count). The standard InChI is InChI=1S/C10H12/c1-9(2)8-10-6-4-3-5-7-10/h3-6,8H,1,7H2,2H3/b10-8+. The van der Waals surface area contributed by atoms with Crippen LogP contribution in [0.5, 0.6) is 0 Å². The van der Waals surface area contributed by atoms with Gasteiger partial charge >= 0.3 is 0 Å². The molecule has 0 unspecified atom stereocenters. The molecule has 0 nitrogen and oxygen atoms in total. The van der Waals surface area contributed by atoms with Crippen LogP contribution in [0.2, 0.25) is 0 Å². The average molecular weight is 132 g/mol. The maximum atomic E-state index is 3.81. The van der Waals surface area contributed by atoms with E-state index in [-0.39, 0.29) is 0 Å². The van der Waals surface area contributed by atoms with E-state index in [0.717, 1.165) is 12.0 Å². The van der Waals surface area contributed by atoms with Crippen LogP contribution >= 0.6 is 0 Å². The topological polar surface area (TPSA) is 0 Å². The maximum Gasteiger partial charge on any atom is -0.00942 e. The molecule has 0 spiro atoms. The van der Waals surface area contributed by atoms with E-state index < -0.39 is 0 Å². The van der Waals surface area contributed by atoms with Crippen molar-refractivity contribution in [2.24, 2.45) is 0 Å². The molecule has 0 saturated carbocycles. The minimum atomic E-state index is 1.04. The summed E-state index contributed by atoms with van der Waals surface area (Å²) in [5, 5.41) is 0. The van der Waals surface area contributed by atoms with Crippen molar-refractivity contribution >= 4 is 0 Å². The predicted molar refractivity (Wildman–Crippen MR) is 45.8 cm³/mol. The normalized spacial score (nSPS) is 19.9. The Labute approximate surface area is 62.3 Å². The van der Waals surface area contributed by atoms with Gasteiger partial charge in [-0.25, -0.2) is 0 Å². The van der Waals surface area contributed by atoms with Gasteiger partial charge in [0.05, 0.1) is 0 Å². The molecule has 0 aromatic carbocycles. The predicted octanol–water partition coefficient (Wildman–Crippen LogP) is 3.01. The van der Waals surface area contributed by atoms with Gasteiger partial charge in [0.1, 0.15) is 0 Å². The molecule has 0 saturated heterocycles. The molecule has 0 fully saturated rings. The lowest BCUT2D eigenvalue weighted by Crippen LogP contribution is -1.80. The van der Waals surface area contributed by atoms with E-state index in [2.05, 4.69) is 37.0 Å². The van der Waals surface area contributed by atoms with Gasteiger partial charge in [-0.3, -0.25) is 0 Å². The molecule has 0 heterocycles. The summed E-state index contributed by atoms with van der Waals surface area (Å²) in [7, 11) is 0. The first kappa shape index (κ1) is 7.07. The first-order valence-corrected chi connectivity index (χ1v) is 3.48. The van der Waals surface area contributed by atoms with Gasteiger partial charge in [-0.1, -0.05) is 42.5 Å². The smallest absolute Gasteiger partial charge is 0.00942 e. The lowest BCUT2D eigenvalue weighted by Gasteiger charge is -2.00. The van der Waals surface area contributed by atoms with Crippen LogP contribution in [0.3, 0.4) is 0 Å². The fraction of sp³-hybridized carbons (Fsp3) is 0.200. The first-order valence-electron chi connectivity index (χ1n) is 3.48. The van der Waals surface area contributed by atoms with E-state index in [1.807, 2.05) is 6.92 Å². The molecule has 1 aliphatic carbocycles. The molecule has 52 valence electrons. The molecule has 10 heavy (non-hydrogen) atoms. The molecule has 0 bridgehead atoms. The van der Waals surface area contributed by atoms with Crippen LogP contribution in [-0.2, 0) is 0 Å². The SMILES string of the molecule is C=C(C)/C=C1\C=CC=CC1. The second kappa shape index (κ2) is 3.21. The zero-order valence-electron chi connectivity index (χ0n) is 6.30. The highest BCUT2D eigenvalue weighted by atomic mass is 14.0. The van der Waals surface area contributed by atoms with Crippen LogP contribution in [0.1, 0.15) is 13.3 Å². The van der Waals surface area contributed by atoms with Crippen molar-refractivity contribution in [2.45, 2.75) is 13.3 Å². The Balaban J connectivity index is 2.67. The summed E-state index contributed by atoms with van der Waals surface area (Å²) < 4.78 is 0. The molecule has 0 aromatic rings. The van der Waals surface area contributed by atoms with Crippen LogP contribution in [0.4, 0.5) is 0 Å². The average Bonchev–Trinajstić information content (AvgIpc) is 1.88. The van der Waals surface area contributed by atoms with Gasteiger partial charge in [-0.05, 0) is 18.9 Å². The van der Waals surface area contributed by atoms with Crippen molar-refractivity contribution in [3.8, 4) is 0 Å². The highest BCUT2D eigenvalue weighted by molar-refractivity contribution is 5.34. The summed E-state index contributed by atoms with van der Waals surface area (Å²) in [5.74, 6) is 0. The Kier molecular flexibility index (Phi) is 2.27. The Hall–Kier alpha value is -1.04. The van der Waals surface area contributed by atoms with Crippen molar-refractivity contribution in [2.75, 3.05) is 0 Å². The van der Waals surface area contributed by atoms with Crippen molar-refractivity contribution in [1.82, 2.24) is 0 Å². The van der Waals surface area contributed by atoms with E-state index >= 15 is 0 Å². The third-order valence-corrected chi connectivity index (χ3v) is 1.34. The molecule has 1 aliphatic rings. The highest BCUT2D eigenvalue weighted by Crippen LogP contribution is 2.11. The molecule has 0 aromatic heterocycles. The lowest BCUT2D eigenvalue weighted by molar-refractivity contribution is 1.25. The Bertz CT molecular complexity index is 214. The van der Waals surface area contributed by atoms with Gasteiger partial charge in [0.25, 0.3) is 0 Å². The first-order chi connectivity index (χ1) is 4.79. The number of hydrogen-bond donors (Lipinski definition) is 0. The number of allylic oxidation sites excluding steroid dienone is 7. The van der Waals surface area contributed by atoms with Crippen molar-refractivity contribution in [1.29, 1.82) is 0 Å². The zero-order valence-corrected chi connectivity index (χ0v) is 6.30. The van der Waals surface area contributed by atoms with Gasteiger partial charge in [0.2, 0.25) is 0 Å². The lowest BCUT2D eigenvalue weighted by atomic mass is 10.1. The molecule has 0 heteroatoms. The van der Waals surface area contributed by atoms with Gasteiger partial charge in [0, 0.05) is 0 Å². The molecule has 0 radical (unpaired) electrons. The van der Waals surface area contributed by atoms with E-state index in [4.69, 9.17) is 0 Å². The minimum Gasteiger partial charge on any atom is -0.0961 e. The van der Waals surface area contributed by atoms with Crippen LogP contribution < -0.4 is 0 Å². The van der Waals surface area contributed by atoms with Crippen molar-refractivity contribution < 1.29 is 0 Å². The molecular formula is C10H12. The quantitative estimate of drug-likeness (QED) is 0.514. The summed E-state index contributed by atoms with van der Waals surface area (Å²) in [6.07, 6.45) is 11.5. The third-order valence-electron chi connectivity index (χ3n) is 1.34. The van der Waals surface area contributed by atoms with Gasteiger partial charge in [0.15, 0.2) is 0 Å². The van der Waals surface area contributed by atoms with Crippen LogP contribution in [0.15, 0.2) is 48.1 Å².